The van der Waals surface area contributed by atoms with Gasteiger partial charge in [-0.1, -0.05) is 99.7 Å². The van der Waals surface area contributed by atoms with Crippen molar-refractivity contribution in [2.24, 2.45) is 0 Å². The summed E-state index contributed by atoms with van der Waals surface area (Å²) in [5.41, 5.74) is -1.08. The van der Waals surface area contributed by atoms with E-state index in [1.807, 2.05) is 76.2 Å². The number of rotatable bonds is 21. The maximum Gasteiger partial charge on any atom is 0.408 e. The van der Waals surface area contributed by atoms with Gasteiger partial charge in [0.15, 0.2) is 27.7 Å². The van der Waals surface area contributed by atoms with Gasteiger partial charge in [0.2, 0.25) is 0 Å². The first kappa shape index (κ1) is 48.2. The summed E-state index contributed by atoms with van der Waals surface area (Å²) in [6.45, 7) is 15.8. The van der Waals surface area contributed by atoms with Crippen molar-refractivity contribution in [1.29, 1.82) is 0 Å². The van der Waals surface area contributed by atoms with Gasteiger partial charge >= 0.3 is 6.09 Å². The summed E-state index contributed by atoms with van der Waals surface area (Å²) in [6, 6.07) is 18.4. The molecule has 0 radical (unpaired) electrons. The van der Waals surface area contributed by atoms with Gasteiger partial charge in [-0.3, -0.25) is 0 Å². The summed E-state index contributed by atoms with van der Waals surface area (Å²) in [7, 11) is -3.67. The van der Waals surface area contributed by atoms with Gasteiger partial charge < -0.3 is 43.2 Å². The number of hydrogen-bond acceptors (Lipinski definition) is 11. The van der Waals surface area contributed by atoms with Crippen LogP contribution in [0.1, 0.15) is 125 Å². The third-order valence-corrected chi connectivity index (χ3v) is 13.2. The fourth-order valence-electron chi connectivity index (χ4n) is 7.98. The molecule has 3 unspecified atom stereocenters. The Hall–Kier alpha value is -2.88. The minimum atomic E-state index is -3.67. The second kappa shape index (κ2) is 21.5. The normalized spacial score (nSPS) is 27.2. The van der Waals surface area contributed by atoms with Crippen LogP contribution < -0.4 is 5.32 Å². The predicted octanol–water partition coefficient (Wildman–Crippen LogP) is 9.20. The highest BCUT2D eigenvalue weighted by Crippen LogP contribution is 2.40. The molecule has 12 nitrogen and oxygen atoms in total. The van der Waals surface area contributed by atoms with Crippen molar-refractivity contribution in [2.45, 2.75) is 190 Å². The lowest BCUT2D eigenvalue weighted by Gasteiger charge is -2.51. The van der Waals surface area contributed by atoms with Gasteiger partial charge in [-0.2, -0.15) is 0 Å². The van der Waals surface area contributed by atoms with Crippen molar-refractivity contribution in [1.82, 2.24) is 5.32 Å². The molecule has 1 N–H and O–H groups in total. The van der Waals surface area contributed by atoms with E-state index in [1.165, 1.54) is 19.3 Å². The number of carbonyl (C=O) groups excluding carboxylic acids is 1. The number of hydrogen-bond donors (Lipinski definition) is 1. The van der Waals surface area contributed by atoms with Crippen molar-refractivity contribution >= 4 is 15.9 Å². The van der Waals surface area contributed by atoms with Crippen LogP contribution in [0.5, 0.6) is 0 Å². The first-order valence-electron chi connectivity index (χ1n) is 21.9. The fourth-order valence-corrected chi connectivity index (χ4v) is 9.74. The molecule has 2 aromatic rings. The zero-order valence-corrected chi connectivity index (χ0v) is 38.0. The number of amides is 1. The highest BCUT2D eigenvalue weighted by Gasteiger charge is 2.58. The molecule has 3 heterocycles. The Labute approximate surface area is 359 Å². The van der Waals surface area contributed by atoms with Gasteiger partial charge in [-0.25, -0.2) is 13.2 Å². The summed E-state index contributed by atoms with van der Waals surface area (Å²) in [4.78, 5) is 13.9. The van der Waals surface area contributed by atoms with E-state index in [1.54, 1.807) is 45.0 Å². The molecular weight excluding hydrogens is 787 g/mol. The minimum Gasteiger partial charge on any atom is -0.444 e. The van der Waals surface area contributed by atoms with E-state index in [2.05, 4.69) is 12.2 Å². The number of benzene rings is 2. The number of allylic oxidation sites excluding steroid dienone is 1. The maximum atomic E-state index is 14.1. The second-order valence-corrected chi connectivity index (χ2v) is 20.6. The fraction of sp³-hybridized carbons (Fsp3) is 0.681. The number of unbranched alkanes of at least 4 members (excludes halogenated alkanes) is 4. The molecule has 0 spiro atoms. The third-order valence-electron chi connectivity index (χ3n) is 11.0. The molecule has 1 amide bonds. The smallest absolute Gasteiger partial charge is 0.408 e. The lowest BCUT2D eigenvalue weighted by atomic mass is 9.86. The van der Waals surface area contributed by atoms with E-state index in [0.29, 0.717) is 17.9 Å². The first-order valence-corrected chi connectivity index (χ1v) is 23.5. The molecule has 0 bridgehead atoms. The Kier molecular flexibility index (Phi) is 17.2. The summed E-state index contributed by atoms with van der Waals surface area (Å²) < 4.78 is 78.4. The van der Waals surface area contributed by atoms with E-state index in [9.17, 15) is 13.2 Å². The highest BCUT2D eigenvalue weighted by molar-refractivity contribution is 7.92. The molecule has 0 aliphatic carbocycles. The van der Waals surface area contributed by atoms with E-state index in [-0.39, 0.29) is 38.6 Å². The molecule has 60 heavy (non-hydrogen) atoms. The molecule has 3 fully saturated rings. The van der Waals surface area contributed by atoms with Crippen molar-refractivity contribution < 1.29 is 51.1 Å². The molecule has 3 saturated heterocycles. The molecule has 3 aliphatic heterocycles. The molecule has 2 aromatic carbocycles. The molecule has 336 valence electrons. The van der Waals surface area contributed by atoms with Crippen molar-refractivity contribution in [3.8, 4) is 0 Å². The van der Waals surface area contributed by atoms with Crippen LogP contribution in [0.4, 0.5) is 4.79 Å². The van der Waals surface area contributed by atoms with Crippen LogP contribution in [-0.4, -0.2) is 93.0 Å². The van der Waals surface area contributed by atoms with Crippen LogP contribution in [0.15, 0.2) is 77.7 Å². The standard InChI is InChI=1S/C47H71NO11S/c1-9-10-11-18-30-40-53-32-36(55-40)24-19-20-27-38(60(50,51)37-25-16-13-17-26-37)28-21-29-39-41(57-46(7,8)56-39)42-47(34-54-45(5,6)58-42,48-43(49)59-44(2,3)4)33-52-31-35-22-14-12-15-23-35/h12-17,21-23,25-26,29,36,38-42H,9-11,18-20,24,27-28,30-34H2,1-8H3,(H,48,49)/b29-21+/t36?,38?,39-,40?,41+,42-,47-/m0/s1. The van der Waals surface area contributed by atoms with E-state index in [4.69, 9.17) is 37.9 Å². The van der Waals surface area contributed by atoms with E-state index >= 15 is 0 Å². The zero-order chi connectivity index (χ0) is 43.4. The first-order chi connectivity index (χ1) is 28.4. The molecule has 7 atom stereocenters. The molecular formula is C47H71NO11S. The van der Waals surface area contributed by atoms with Gasteiger partial charge in [-0.05, 0) is 98.3 Å². The molecule has 13 heteroatoms. The van der Waals surface area contributed by atoms with Crippen LogP contribution in [0.2, 0.25) is 0 Å². The number of nitrogens with one attached hydrogen (secondary N) is 1. The largest absolute Gasteiger partial charge is 0.444 e. The second-order valence-electron chi connectivity index (χ2n) is 18.4. The average molecular weight is 858 g/mol. The number of sulfone groups is 1. The van der Waals surface area contributed by atoms with Crippen LogP contribution in [-0.2, 0) is 54.3 Å². The number of alkyl carbamates (subject to hydrolysis) is 1. The van der Waals surface area contributed by atoms with Gasteiger partial charge in [0.25, 0.3) is 0 Å². The quantitative estimate of drug-likeness (QED) is 0.0951. The summed E-state index contributed by atoms with van der Waals surface area (Å²) >= 11 is 0. The van der Waals surface area contributed by atoms with Crippen molar-refractivity contribution in [3.05, 3.63) is 78.4 Å². The van der Waals surface area contributed by atoms with Crippen LogP contribution in [0, 0.1) is 0 Å². The van der Waals surface area contributed by atoms with E-state index in [0.717, 1.165) is 37.7 Å². The Morgan fingerprint density at radius 2 is 1.60 bits per heavy atom. The lowest BCUT2D eigenvalue weighted by molar-refractivity contribution is -0.325. The Balaban J connectivity index is 1.33. The monoisotopic (exact) mass is 857 g/mol. The van der Waals surface area contributed by atoms with Gasteiger partial charge in [0, 0.05) is 0 Å². The highest BCUT2D eigenvalue weighted by atomic mass is 32.2. The van der Waals surface area contributed by atoms with Crippen LogP contribution in [0.25, 0.3) is 0 Å². The zero-order valence-electron chi connectivity index (χ0n) is 37.2. The Bertz CT molecular complexity index is 1750. The SMILES string of the molecule is CCCCCCC1OCC(CCCCC(C/C=C/[C@@H]2OC(C)(C)O[C@H]2[C@@H]2OC(C)(C)OC[C@]2(COCc2ccccc2)NC(=O)OC(C)(C)C)S(=O)(=O)c2ccccc2)O1. The van der Waals surface area contributed by atoms with Crippen LogP contribution in [0.3, 0.4) is 0 Å². The van der Waals surface area contributed by atoms with Gasteiger partial charge in [0.05, 0.1) is 42.7 Å². The number of ether oxygens (including phenoxy) is 8. The average Bonchev–Trinajstić information content (AvgIpc) is 3.77. The van der Waals surface area contributed by atoms with Crippen molar-refractivity contribution in [2.75, 3.05) is 19.8 Å². The Morgan fingerprint density at radius 3 is 2.30 bits per heavy atom. The van der Waals surface area contributed by atoms with E-state index < -0.39 is 62.2 Å². The molecule has 0 saturated carbocycles. The minimum absolute atomic E-state index is 0.00758. The maximum absolute atomic E-state index is 14.1. The molecule has 3 aliphatic rings. The summed E-state index contributed by atoms with van der Waals surface area (Å²) in [6.07, 6.45) is 9.41. The van der Waals surface area contributed by atoms with Crippen LogP contribution >= 0.6 is 0 Å². The van der Waals surface area contributed by atoms with Gasteiger partial charge in [0.1, 0.15) is 29.5 Å². The summed E-state index contributed by atoms with van der Waals surface area (Å²) in [5.74, 6) is -2.09. The predicted molar refractivity (Wildman–Crippen MR) is 230 cm³/mol. The van der Waals surface area contributed by atoms with Crippen molar-refractivity contribution in [3.63, 3.8) is 0 Å². The van der Waals surface area contributed by atoms with Gasteiger partial charge in [-0.15, -0.1) is 0 Å². The topological polar surface area (TPSA) is 137 Å². The summed E-state index contributed by atoms with van der Waals surface area (Å²) in [5, 5.41) is 2.40. The Morgan fingerprint density at radius 1 is 0.900 bits per heavy atom. The molecule has 5 rings (SSSR count). The third kappa shape index (κ3) is 14.3. The lowest BCUT2D eigenvalue weighted by Crippen LogP contribution is -2.72. The molecule has 0 aromatic heterocycles. The number of carbonyl (C=O) groups is 1.